The molecule has 0 aromatic heterocycles. The van der Waals surface area contributed by atoms with Gasteiger partial charge >= 0.3 is 0 Å². The van der Waals surface area contributed by atoms with Crippen LogP contribution in [0.1, 0.15) is 38.5 Å². The molecule has 1 saturated carbocycles. The van der Waals surface area contributed by atoms with Crippen molar-refractivity contribution in [3.63, 3.8) is 0 Å². The van der Waals surface area contributed by atoms with Crippen LogP contribution in [0.4, 0.5) is 5.69 Å². The summed E-state index contributed by atoms with van der Waals surface area (Å²) in [7, 11) is -2.46. The Morgan fingerprint density at radius 3 is 2.40 bits per heavy atom. The quantitative estimate of drug-likeness (QED) is 0.504. The molecule has 4 rings (SSSR count). The number of carbonyl (C=O) groups is 2. The number of benzene rings is 2. The molecule has 186 valence electrons. The van der Waals surface area contributed by atoms with Gasteiger partial charge in [-0.15, -0.1) is 4.40 Å². The lowest BCUT2D eigenvalue weighted by atomic mass is 9.94. The number of halogens is 1. The van der Waals surface area contributed by atoms with Crippen LogP contribution in [-0.4, -0.2) is 48.7 Å². The molecular weight excluding hydrogens is 554 g/mol. The van der Waals surface area contributed by atoms with Gasteiger partial charge in [0.1, 0.15) is 11.0 Å². The molecule has 35 heavy (non-hydrogen) atoms. The first-order valence-corrected chi connectivity index (χ1v) is 14.4. The van der Waals surface area contributed by atoms with E-state index < -0.39 is 15.3 Å². The summed E-state index contributed by atoms with van der Waals surface area (Å²) >= 11 is 4.35. The van der Waals surface area contributed by atoms with E-state index in [1.54, 1.807) is 43.5 Å². The summed E-state index contributed by atoms with van der Waals surface area (Å²) in [5.74, 6) is 0.0682. The fraction of sp³-hybridized carbons (Fsp3) is 0.375. The smallest absolute Gasteiger partial charge is 0.284 e. The van der Waals surface area contributed by atoms with Crippen molar-refractivity contribution in [2.45, 2.75) is 54.7 Å². The molecule has 8 nitrogen and oxygen atoms in total. The average Bonchev–Trinajstić information content (AvgIpc) is 3.13. The Hall–Kier alpha value is -2.37. The third kappa shape index (κ3) is 6.25. The first kappa shape index (κ1) is 25.7. The van der Waals surface area contributed by atoms with E-state index in [2.05, 4.69) is 25.6 Å². The van der Waals surface area contributed by atoms with Crippen LogP contribution in [0.15, 0.2) is 62.3 Å². The highest BCUT2D eigenvalue weighted by Crippen LogP contribution is 2.36. The number of amidine groups is 1. The Morgan fingerprint density at radius 2 is 1.77 bits per heavy atom. The van der Waals surface area contributed by atoms with Crippen LogP contribution in [0.2, 0.25) is 0 Å². The molecule has 2 aliphatic rings. The highest BCUT2D eigenvalue weighted by Gasteiger charge is 2.43. The van der Waals surface area contributed by atoms with Crippen molar-refractivity contribution in [1.82, 2.24) is 4.90 Å². The van der Waals surface area contributed by atoms with Crippen LogP contribution in [0, 0.1) is 0 Å². The Balaban J connectivity index is 1.55. The monoisotopic (exact) mass is 579 g/mol. The second-order valence-corrected chi connectivity index (χ2v) is 12.1. The van der Waals surface area contributed by atoms with Crippen molar-refractivity contribution >= 4 is 60.4 Å². The number of anilines is 1. The summed E-state index contributed by atoms with van der Waals surface area (Å²) in [6.45, 7) is 0. The van der Waals surface area contributed by atoms with E-state index >= 15 is 0 Å². The van der Waals surface area contributed by atoms with Gasteiger partial charge in [-0.05, 0) is 61.4 Å². The molecule has 1 aliphatic heterocycles. The molecule has 1 saturated heterocycles. The minimum atomic E-state index is -4.02. The lowest BCUT2D eigenvalue weighted by Crippen LogP contribution is -2.42. The minimum absolute atomic E-state index is 0.0468. The van der Waals surface area contributed by atoms with Gasteiger partial charge in [-0.1, -0.05) is 47.0 Å². The van der Waals surface area contributed by atoms with E-state index in [1.807, 2.05) is 0 Å². The summed E-state index contributed by atoms with van der Waals surface area (Å²) < 4.78 is 36.0. The van der Waals surface area contributed by atoms with Crippen molar-refractivity contribution < 1.29 is 22.7 Å². The number of nitrogens with zero attached hydrogens (tertiary/aromatic N) is 2. The Kier molecular flexibility index (Phi) is 8.18. The second-order valence-electron chi connectivity index (χ2n) is 8.39. The van der Waals surface area contributed by atoms with Gasteiger partial charge in [0.15, 0.2) is 5.17 Å². The molecule has 0 spiro atoms. The minimum Gasteiger partial charge on any atom is -0.497 e. The van der Waals surface area contributed by atoms with E-state index in [0.29, 0.717) is 11.4 Å². The molecule has 2 aromatic rings. The largest absolute Gasteiger partial charge is 0.497 e. The molecule has 2 amide bonds. The third-order valence-electron chi connectivity index (χ3n) is 5.96. The first-order chi connectivity index (χ1) is 16.8. The molecular formula is C24H26BrN3O5S2. The van der Waals surface area contributed by atoms with Crippen molar-refractivity contribution in [1.29, 1.82) is 0 Å². The fourth-order valence-corrected chi connectivity index (χ4v) is 6.84. The predicted molar refractivity (Wildman–Crippen MR) is 140 cm³/mol. The van der Waals surface area contributed by atoms with Gasteiger partial charge in [-0.3, -0.25) is 14.5 Å². The van der Waals surface area contributed by atoms with Crippen LogP contribution in [-0.2, 0) is 19.6 Å². The first-order valence-electron chi connectivity index (χ1n) is 11.3. The topological polar surface area (TPSA) is 105 Å². The van der Waals surface area contributed by atoms with Crippen molar-refractivity contribution in [2.24, 2.45) is 4.40 Å². The third-order valence-corrected chi connectivity index (χ3v) is 9.04. The zero-order chi connectivity index (χ0) is 25.0. The van der Waals surface area contributed by atoms with Crippen LogP contribution in [0.5, 0.6) is 5.75 Å². The molecule has 1 N–H and O–H groups in total. The van der Waals surface area contributed by atoms with Gasteiger partial charge in [-0.2, -0.15) is 8.42 Å². The molecule has 2 aromatic carbocycles. The average molecular weight is 581 g/mol. The van der Waals surface area contributed by atoms with Crippen LogP contribution in [0.3, 0.4) is 0 Å². The van der Waals surface area contributed by atoms with E-state index in [-0.39, 0.29) is 34.3 Å². The number of rotatable bonds is 7. The van der Waals surface area contributed by atoms with Gasteiger partial charge in [0.05, 0.1) is 12.0 Å². The molecule has 1 unspecified atom stereocenters. The number of hydrogen-bond donors (Lipinski definition) is 1. The maximum absolute atomic E-state index is 13.4. The van der Waals surface area contributed by atoms with Gasteiger partial charge in [0.25, 0.3) is 10.0 Å². The fourth-order valence-electron chi connectivity index (χ4n) is 4.17. The SMILES string of the molecule is COc1ccc(NC(=O)CC2S/C(=N/S(=O)(=O)c3ccc(Br)cc3)N(C3CCCCC3)C2=O)cc1. The highest BCUT2D eigenvalue weighted by atomic mass is 79.9. The van der Waals surface area contributed by atoms with Crippen LogP contribution >= 0.6 is 27.7 Å². The number of ether oxygens (including phenoxy) is 1. The summed E-state index contributed by atoms with van der Waals surface area (Å²) in [6, 6.07) is 13.0. The molecule has 0 radical (unpaired) electrons. The number of amides is 2. The van der Waals surface area contributed by atoms with Crippen molar-refractivity contribution in [2.75, 3.05) is 12.4 Å². The van der Waals surface area contributed by atoms with Crippen LogP contribution < -0.4 is 10.1 Å². The maximum Gasteiger partial charge on any atom is 0.284 e. The Morgan fingerprint density at radius 1 is 1.11 bits per heavy atom. The van der Waals surface area contributed by atoms with E-state index in [9.17, 15) is 18.0 Å². The molecule has 1 atom stereocenters. The van der Waals surface area contributed by atoms with Crippen molar-refractivity contribution in [3.05, 3.63) is 53.0 Å². The normalized spacial score (nSPS) is 20.3. The number of nitrogens with one attached hydrogen (secondary N) is 1. The zero-order valence-electron chi connectivity index (χ0n) is 19.1. The summed E-state index contributed by atoms with van der Waals surface area (Å²) in [6.07, 6.45) is 4.50. The highest BCUT2D eigenvalue weighted by molar-refractivity contribution is 9.10. The Bertz CT molecular complexity index is 1210. The molecule has 0 bridgehead atoms. The van der Waals surface area contributed by atoms with Crippen molar-refractivity contribution in [3.8, 4) is 5.75 Å². The van der Waals surface area contributed by atoms with E-state index in [4.69, 9.17) is 4.74 Å². The maximum atomic E-state index is 13.4. The predicted octanol–water partition coefficient (Wildman–Crippen LogP) is 4.81. The summed E-state index contributed by atoms with van der Waals surface area (Å²) in [5, 5.41) is 2.19. The number of hydrogen-bond acceptors (Lipinski definition) is 6. The lowest BCUT2D eigenvalue weighted by Gasteiger charge is -2.30. The number of methoxy groups -OCH3 is 1. The van der Waals surface area contributed by atoms with Gasteiger partial charge in [0.2, 0.25) is 11.8 Å². The molecule has 11 heteroatoms. The summed E-state index contributed by atoms with van der Waals surface area (Å²) in [4.78, 5) is 27.7. The van der Waals surface area contributed by atoms with E-state index in [0.717, 1.165) is 48.3 Å². The molecule has 1 heterocycles. The number of carbonyl (C=O) groups excluding carboxylic acids is 2. The molecule has 2 fully saturated rings. The standard InChI is InChI=1S/C24H26BrN3O5S2/c1-33-19-11-9-17(10-12-19)26-22(29)15-21-23(30)28(18-5-3-2-4-6-18)24(34-21)27-35(31,32)20-13-7-16(25)8-14-20/h7-14,18,21H,2-6,15H2,1H3,(H,26,29)/b27-24+. The molecule has 1 aliphatic carbocycles. The number of thioether (sulfide) groups is 1. The van der Waals surface area contributed by atoms with Gasteiger partial charge < -0.3 is 10.1 Å². The lowest BCUT2D eigenvalue weighted by molar-refractivity contribution is -0.130. The van der Waals surface area contributed by atoms with E-state index in [1.165, 1.54) is 17.0 Å². The summed E-state index contributed by atoms with van der Waals surface area (Å²) in [5.41, 5.74) is 0.585. The Labute approximate surface area is 217 Å². The van der Waals surface area contributed by atoms with Crippen LogP contribution in [0.25, 0.3) is 0 Å². The van der Waals surface area contributed by atoms with Gasteiger partial charge in [-0.25, -0.2) is 0 Å². The number of sulfonamides is 1. The second kappa shape index (κ2) is 11.1. The zero-order valence-corrected chi connectivity index (χ0v) is 22.4. The van der Waals surface area contributed by atoms with Gasteiger partial charge in [0, 0.05) is 22.6 Å².